The van der Waals surface area contributed by atoms with Crippen molar-refractivity contribution < 1.29 is 14.7 Å². The van der Waals surface area contributed by atoms with Gasteiger partial charge in [-0.3, -0.25) is 10.0 Å². The van der Waals surface area contributed by atoms with Gasteiger partial charge in [0.25, 0.3) is 5.91 Å². The molecule has 5 heteroatoms. The first-order chi connectivity index (χ1) is 14.5. The lowest BCUT2D eigenvalue weighted by Crippen LogP contribution is -2.22. The molecule has 0 fully saturated rings. The summed E-state index contributed by atoms with van der Waals surface area (Å²) < 4.78 is 5.55. The molecule has 3 aromatic rings. The van der Waals surface area contributed by atoms with E-state index in [0.29, 0.717) is 17.0 Å². The SMILES string of the molecule is C=Cc1c(/C=C\C)nc(-c2ccc(-c3ccc(C)cc3)cc2)c(OC)c1C(=O)NO. The molecule has 0 aliphatic carbocycles. The van der Waals surface area contributed by atoms with E-state index < -0.39 is 5.91 Å². The number of hydroxylamine groups is 1. The molecule has 30 heavy (non-hydrogen) atoms. The van der Waals surface area contributed by atoms with Crippen molar-refractivity contribution in [1.29, 1.82) is 0 Å². The molecule has 0 saturated heterocycles. The van der Waals surface area contributed by atoms with Gasteiger partial charge in [-0.25, -0.2) is 10.5 Å². The van der Waals surface area contributed by atoms with E-state index >= 15 is 0 Å². The second-order valence-electron chi connectivity index (χ2n) is 6.76. The van der Waals surface area contributed by atoms with Gasteiger partial charge in [0, 0.05) is 11.1 Å². The van der Waals surface area contributed by atoms with Crippen molar-refractivity contribution >= 4 is 18.1 Å². The molecule has 5 nitrogen and oxygen atoms in total. The Morgan fingerprint density at radius 3 is 2.13 bits per heavy atom. The predicted molar refractivity (Wildman–Crippen MR) is 120 cm³/mol. The van der Waals surface area contributed by atoms with Crippen LogP contribution in [0.3, 0.4) is 0 Å². The first-order valence-electron chi connectivity index (χ1n) is 9.53. The maximum Gasteiger partial charge on any atom is 0.279 e. The standard InChI is InChI=1S/C25H24N2O3/c1-5-7-21-20(6-2)22(25(28)27-29)24(30-4)23(26-21)19-14-12-18(13-15-19)17-10-8-16(3)9-11-17/h5-15,29H,2H2,1,3-4H3,(H,27,28)/b7-5-. The Bertz CT molecular complexity index is 1100. The second-order valence-corrected chi connectivity index (χ2v) is 6.76. The lowest BCUT2D eigenvalue weighted by Gasteiger charge is -2.17. The number of allylic oxidation sites excluding steroid dienone is 1. The highest BCUT2D eigenvalue weighted by atomic mass is 16.5. The average Bonchev–Trinajstić information content (AvgIpc) is 2.78. The van der Waals surface area contributed by atoms with Gasteiger partial charge in [0.1, 0.15) is 5.69 Å². The number of rotatable bonds is 6. The molecule has 0 saturated carbocycles. The van der Waals surface area contributed by atoms with Crippen LogP contribution < -0.4 is 10.2 Å². The number of ether oxygens (including phenoxy) is 1. The van der Waals surface area contributed by atoms with Crippen molar-refractivity contribution in [3.05, 3.63) is 83.6 Å². The van der Waals surface area contributed by atoms with Gasteiger partial charge in [0.2, 0.25) is 0 Å². The van der Waals surface area contributed by atoms with E-state index in [1.54, 1.807) is 11.6 Å². The van der Waals surface area contributed by atoms with Crippen LogP contribution in [0.15, 0.2) is 61.2 Å². The number of aryl methyl sites for hydroxylation is 1. The van der Waals surface area contributed by atoms with Crippen LogP contribution in [0.1, 0.15) is 34.1 Å². The highest BCUT2D eigenvalue weighted by Gasteiger charge is 2.24. The lowest BCUT2D eigenvalue weighted by atomic mass is 9.97. The van der Waals surface area contributed by atoms with Gasteiger partial charge < -0.3 is 4.74 Å². The minimum Gasteiger partial charge on any atom is -0.494 e. The van der Waals surface area contributed by atoms with Crippen LogP contribution in [0.5, 0.6) is 5.75 Å². The van der Waals surface area contributed by atoms with Crippen molar-refractivity contribution in [3.63, 3.8) is 0 Å². The van der Waals surface area contributed by atoms with E-state index in [1.165, 1.54) is 18.7 Å². The Morgan fingerprint density at radius 1 is 1.07 bits per heavy atom. The van der Waals surface area contributed by atoms with Gasteiger partial charge in [0.15, 0.2) is 5.75 Å². The molecule has 0 spiro atoms. The third kappa shape index (κ3) is 4.02. The van der Waals surface area contributed by atoms with E-state index in [1.807, 2.05) is 37.3 Å². The summed E-state index contributed by atoms with van der Waals surface area (Å²) in [6.45, 7) is 7.71. The average molecular weight is 400 g/mol. The van der Waals surface area contributed by atoms with Crippen molar-refractivity contribution in [1.82, 2.24) is 10.5 Å². The van der Waals surface area contributed by atoms with Crippen LogP contribution in [-0.4, -0.2) is 23.2 Å². The molecular weight excluding hydrogens is 376 g/mol. The number of hydrogen-bond donors (Lipinski definition) is 2. The minimum atomic E-state index is -0.688. The molecule has 1 aromatic heterocycles. The highest BCUT2D eigenvalue weighted by molar-refractivity contribution is 6.02. The molecule has 0 bridgehead atoms. The predicted octanol–water partition coefficient (Wildman–Crippen LogP) is 5.53. The molecule has 0 radical (unpaired) electrons. The number of hydrogen-bond acceptors (Lipinski definition) is 4. The first kappa shape index (κ1) is 21.0. The van der Waals surface area contributed by atoms with Crippen molar-refractivity contribution in [2.45, 2.75) is 13.8 Å². The Hall–Kier alpha value is -3.70. The van der Waals surface area contributed by atoms with Crippen LogP contribution in [0.4, 0.5) is 0 Å². The zero-order valence-electron chi connectivity index (χ0n) is 17.3. The van der Waals surface area contributed by atoms with E-state index in [4.69, 9.17) is 9.72 Å². The number of nitrogens with one attached hydrogen (secondary N) is 1. The summed E-state index contributed by atoms with van der Waals surface area (Å²) in [6.07, 6.45) is 5.14. The fraction of sp³-hybridized carbons (Fsp3) is 0.120. The summed E-state index contributed by atoms with van der Waals surface area (Å²) in [4.78, 5) is 17.2. The molecule has 0 unspecified atom stereocenters. The summed E-state index contributed by atoms with van der Waals surface area (Å²) in [7, 11) is 1.47. The molecule has 1 heterocycles. The third-order valence-corrected chi connectivity index (χ3v) is 4.82. The molecule has 2 aromatic carbocycles. The molecule has 0 aliphatic rings. The number of aromatic nitrogens is 1. The number of nitrogens with zero attached hydrogens (tertiary/aromatic N) is 1. The zero-order chi connectivity index (χ0) is 21.7. The monoisotopic (exact) mass is 400 g/mol. The van der Waals surface area contributed by atoms with E-state index in [0.717, 1.165) is 16.7 Å². The zero-order valence-corrected chi connectivity index (χ0v) is 17.3. The van der Waals surface area contributed by atoms with Gasteiger partial charge in [-0.15, -0.1) is 0 Å². The maximum absolute atomic E-state index is 12.4. The Morgan fingerprint density at radius 2 is 1.63 bits per heavy atom. The fourth-order valence-corrected chi connectivity index (χ4v) is 3.33. The second kappa shape index (κ2) is 9.20. The summed E-state index contributed by atoms with van der Waals surface area (Å²) >= 11 is 0. The highest BCUT2D eigenvalue weighted by Crippen LogP contribution is 2.36. The van der Waals surface area contributed by atoms with Crippen LogP contribution in [-0.2, 0) is 0 Å². The molecule has 152 valence electrons. The maximum atomic E-state index is 12.4. The molecule has 3 rings (SSSR count). The molecule has 0 atom stereocenters. The normalized spacial score (nSPS) is 10.8. The Balaban J connectivity index is 2.19. The number of benzene rings is 2. The summed E-state index contributed by atoms with van der Waals surface area (Å²) in [5, 5.41) is 9.26. The molecule has 1 amide bonds. The van der Waals surface area contributed by atoms with E-state index in [-0.39, 0.29) is 11.3 Å². The Kier molecular flexibility index (Phi) is 6.45. The van der Waals surface area contributed by atoms with Crippen LogP contribution >= 0.6 is 0 Å². The number of carbonyl (C=O) groups is 1. The van der Waals surface area contributed by atoms with Gasteiger partial charge >= 0.3 is 0 Å². The van der Waals surface area contributed by atoms with E-state index in [2.05, 4.69) is 37.8 Å². The summed E-state index contributed by atoms with van der Waals surface area (Å²) in [5.74, 6) is -0.416. The molecule has 0 aliphatic heterocycles. The topological polar surface area (TPSA) is 71.5 Å². The van der Waals surface area contributed by atoms with Crippen LogP contribution in [0.2, 0.25) is 0 Å². The summed E-state index contributed by atoms with van der Waals surface area (Å²) in [5.41, 5.74) is 7.60. The van der Waals surface area contributed by atoms with Crippen LogP contribution in [0.25, 0.3) is 34.5 Å². The van der Waals surface area contributed by atoms with Gasteiger partial charge in [0.05, 0.1) is 18.4 Å². The van der Waals surface area contributed by atoms with Crippen molar-refractivity contribution in [2.75, 3.05) is 7.11 Å². The molecular formula is C25H24N2O3. The smallest absolute Gasteiger partial charge is 0.279 e. The minimum absolute atomic E-state index is 0.177. The first-order valence-corrected chi connectivity index (χ1v) is 9.53. The number of carbonyl (C=O) groups excluding carboxylic acids is 1. The van der Waals surface area contributed by atoms with Crippen LogP contribution in [0, 0.1) is 6.92 Å². The van der Waals surface area contributed by atoms with Gasteiger partial charge in [-0.2, -0.15) is 0 Å². The Labute approximate surface area is 176 Å². The third-order valence-electron chi connectivity index (χ3n) is 4.82. The largest absolute Gasteiger partial charge is 0.494 e. The van der Waals surface area contributed by atoms with Crippen molar-refractivity contribution in [3.8, 4) is 28.1 Å². The molecule has 2 N–H and O–H groups in total. The van der Waals surface area contributed by atoms with E-state index in [9.17, 15) is 10.0 Å². The van der Waals surface area contributed by atoms with Gasteiger partial charge in [-0.1, -0.05) is 72.8 Å². The number of pyridine rings is 1. The lowest BCUT2D eigenvalue weighted by molar-refractivity contribution is 0.0703. The number of amides is 1. The van der Waals surface area contributed by atoms with Gasteiger partial charge in [-0.05, 0) is 31.1 Å². The number of methoxy groups -OCH3 is 1. The summed E-state index contributed by atoms with van der Waals surface area (Å²) in [6, 6.07) is 16.2. The van der Waals surface area contributed by atoms with Crippen molar-refractivity contribution in [2.24, 2.45) is 0 Å². The quantitative estimate of drug-likeness (QED) is 0.422. The fourth-order valence-electron chi connectivity index (χ4n) is 3.33.